The van der Waals surface area contributed by atoms with Crippen LogP contribution in [0, 0.1) is 0 Å². The molecule has 21 heavy (non-hydrogen) atoms. The van der Waals surface area contributed by atoms with Crippen LogP contribution < -0.4 is 0 Å². The zero-order valence-corrected chi connectivity index (χ0v) is 13.2. The van der Waals surface area contributed by atoms with Gasteiger partial charge in [0.25, 0.3) is 0 Å². The van der Waals surface area contributed by atoms with Gasteiger partial charge in [-0.05, 0) is 31.9 Å². The Morgan fingerprint density at radius 2 is 2.19 bits per heavy atom. The molecular formula is C15H22N2O3S. The van der Waals surface area contributed by atoms with Crippen molar-refractivity contribution in [1.82, 2.24) is 9.29 Å². The van der Waals surface area contributed by atoms with Gasteiger partial charge in [0.15, 0.2) is 0 Å². The smallest absolute Gasteiger partial charge is 0.214 e. The zero-order valence-electron chi connectivity index (χ0n) is 12.4. The lowest BCUT2D eigenvalue weighted by Gasteiger charge is -2.34. The van der Waals surface area contributed by atoms with Crippen LogP contribution >= 0.6 is 0 Å². The lowest BCUT2D eigenvalue weighted by Crippen LogP contribution is -2.45. The van der Waals surface area contributed by atoms with Crippen molar-refractivity contribution in [3.63, 3.8) is 0 Å². The highest BCUT2D eigenvalue weighted by molar-refractivity contribution is 7.89. The second-order valence-electron chi connectivity index (χ2n) is 5.55. The first kappa shape index (κ1) is 16.1. The Morgan fingerprint density at radius 3 is 2.86 bits per heavy atom. The molecule has 1 unspecified atom stereocenters. The molecule has 1 aromatic heterocycles. The number of rotatable bonds is 6. The molecule has 1 saturated heterocycles. The molecule has 0 radical (unpaired) electrons. The van der Waals surface area contributed by atoms with Gasteiger partial charge in [-0.2, -0.15) is 4.31 Å². The Bertz CT molecular complexity index is 572. The number of nitrogens with zero attached hydrogens (tertiary/aromatic N) is 2. The molecule has 2 rings (SSSR count). The van der Waals surface area contributed by atoms with E-state index in [4.69, 9.17) is 0 Å². The third kappa shape index (κ3) is 4.61. The number of hydrogen-bond donors (Lipinski definition) is 0. The van der Waals surface area contributed by atoms with Gasteiger partial charge < -0.3 is 0 Å². The molecule has 5 nitrogen and oxygen atoms in total. The Morgan fingerprint density at radius 1 is 1.38 bits per heavy atom. The summed E-state index contributed by atoms with van der Waals surface area (Å²) in [5, 5.41) is 0. The third-order valence-electron chi connectivity index (χ3n) is 3.80. The molecule has 0 spiro atoms. The highest BCUT2D eigenvalue weighted by Crippen LogP contribution is 2.23. The second-order valence-corrected chi connectivity index (χ2v) is 7.59. The Hall–Kier alpha value is -1.27. The maximum atomic E-state index is 12.5. The summed E-state index contributed by atoms with van der Waals surface area (Å²) in [7, 11) is -3.34. The molecule has 1 aromatic rings. The summed E-state index contributed by atoms with van der Waals surface area (Å²) >= 11 is 0. The summed E-state index contributed by atoms with van der Waals surface area (Å²) in [5.41, 5.74) is 0.779. The van der Waals surface area contributed by atoms with Crippen LogP contribution in [0.4, 0.5) is 0 Å². The van der Waals surface area contributed by atoms with Gasteiger partial charge in [-0.15, -0.1) is 0 Å². The van der Waals surface area contributed by atoms with Gasteiger partial charge in [-0.25, -0.2) is 8.42 Å². The number of carbonyl (C=O) groups is 1. The van der Waals surface area contributed by atoms with Crippen molar-refractivity contribution < 1.29 is 13.2 Å². The fourth-order valence-corrected chi connectivity index (χ4v) is 4.52. The summed E-state index contributed by atoms with van der Waals surface area (Å²) < 4.78 is 26.6. The molecule has 0 aromatic carbocycles. The van der Waals surface area contributed by atoms with Gasteiger partial charge in [0.1, 0.15) is 5.78 Å². The van der Waals surface area contributed by atoms with Crippen LogP contribution in [0.25, 0.3) is 0 Å². The molecule has 0 bridgehead atoms. The van der Waals surface area contributed by atoms with Gasteiger partial charge in [-0.1, -0.05) is 12.5 Å². The van der Waals surface area contributed by atoms with Crippen molar-refractivity contribution in [2.24, 2.45) is 0 Å². The maximum Gasteiger partial charge on any atom is 0.214 e. The van der Waals surface area contributed by atoms with Crippen molar-refractivity contribution in [2.75, 3.05) is 12.3 Å². The quantitative estimate of drug-likeness (QED) is 0.803. The van der Waals surface area contributed by atoms with Crippen molar-refractivity contribution in [2.45, 2.75) is 45.1 Å². The second kappa shape index (κ2) is 7.13. The van der Waals surface area contributed by atoms with Gasteiger partial charge in [0.2, 0.25) is 10.0 Å². The highest BCUT2D eigenvalue weighted by atomic mass is 32.2. The van der Waals surface area contributed by atoms with Crippen molar-refractivity contribution in [3.05, 3.63) is 30.1 Å². The lowest BCUT2D eigenvalue weighted by molar-refractivity contribution is -0.118. The minimum absolute atomic E-state index is 0.0480. The molecule has 1 aliphatic heterocycles. The van der Waals surface area contributed by atoms with Crippen LogP contribution in [0.1, 0.15) is 38.3 Å². The number of piperidine rings is 1. The highest BCUT2D eigenvalue weighted by Gasteiger charge is 2.32. The van der Waals surface area contributed by atoms with Crippen molar-refractivity contribution in [3.8, 4) is 0 Å². The first-order chi connectivity index (χ1) is 9.99. The molecule has 0 amide bonds. The van der Waals surface area contributed by atoms with Crippen LogP contribution in [0.5, 0.6) is 0 Å². The van der Waals surface area contributed by atoms with Gasteiger partial charge in [-0.3, -0.25) is 9.78 Å². The van der Waals surface area contributed by atoms with E-state index in [-0.39, 0.29) is 17.6 Å². The molecule has 6 heteroatoms. The summed E-state index contributed by atoms with van der Waals surface area (Å²) in [6, 6.07) is 5.34. The van der Waals surface area contributed by atoms with E-state index in [1.54, 1.807) is 10.5 Å². The van der Waals surface area contributed by atoms with Gasteiger partial charge in [0.05, 0.1) is 5.75 Å². The van der Waals surface area contributed by atoms with Crippen LogP contribution in [-0.4, -0.2) is 41.8 Å². The SMILES string of the molecule is CC(=O)CC1CCCCN1S(=O)(=O)CCc1ccccn1. The van der Waals surface area contributed by atoms with Crippen molar-refractivity contribution in [1.29, 1.82) is 0 Å². The maximum absolute atomic E-state index is 12.5. The Balaban J connectivity index is 2.04. The summed E-state index contributed by atoms with van der Waals surface area (Å²) in [5.74, 6) is 0.102. The minimum atomic E-state index is -3.34. The van der Waals surface area contributed by atoms with E-state index in [1.165, 1.54) is 6.92 Å². The Kier molecular flexibility index (Phi) is 5.47. The van der Waals surface area contributed by atoms with E-state index in [2.05, 4.69) is 4.98 Å². The number of aromatic nitrogens is 1. The summed E-state index contributed by atoms with van der Waals surface area (Å²) in [4.78, 5) is 15.5. The number of carbonyl (C=O) groups excluding carboxylic acids is 1. The predicted molar refractivity (Wildman–Crippen MR) is 81.4 cm³/mol. The number of Topliss-reactive ketones (excluding diaryl/α,β-unsaturated/α-hetero) is 1. The molecule has 1 aliphatic rings. The van der Waals surface area contributed by atoms with Crippen LogP contribution in [-0.2, 0) is 21.2 Å². The number of pyridine rings is 1. The van der Waals surface area contributed by atoms with Crippen LogP contribution in [0.15, 0.2) is 24.4 Å². The number of ketones is 1. The van der Waals surface area contributed by atoms with E-state index < -0.39 is 10.0 Å². The number of aryl methyl sites for hydroxylation is 1. The summed E-state index contributed by atoms with van der Waals surface area (Å²) in [6.45, 7) is 2.05. The van der Waals surface area contributed by atoms with Gasteiger partial charge in [0, 0.05) is 37.3 Å². The van der Waals surface area contributed by atoms with Gasteiger partial charge >= 0.3 is 0 Å². The van der Waals surface area contributed by atoms with E-state index in [9.17, 15) is 13.2 Å². The fraction of sp³-hybridized carbons (Fsp3) is 0.600. The molecule has 0 saturated carbocycles. The molecule has 1 fully saturated rings. The van der Waals surface area contributed by atoms with E-state index in [0.717, 1.165) is 25.0 Å². The van der Waals surface area contributed by atoms with E-state index >= 15 is 0 Å². The zero-order chi connectivity index (χ0) is 15.3. The van der Waals surface area contributed by atoms with Crippen LogP contribution in [0.3, 0.4) is 0 Å². The molecular weight excluding hydrogens is 288 g/mol. The molecule has 0 aliphatic carbocycles. The topological polar surface area (TPSA) is 67.3 Å². The molecule has 1 atom stereocenters. The summed E-state index contributed by atoms with van der Waals surface area (Å²) in [6.07, 6.45) is 5.04. The minimum Gasteiger partial charge on any atom is -0.300 e. The molecule has 2 heterocycles. The first-order valence-corrected chi connectivity index (χ1v) is 8.99. The average Bonchev–Trinajstić information content (AvgIpc) is 2.46. The molecule has 116 valence electrons. The van der Waals surface area contributed by atoms with Crippen molar-refractivity contribution >= 4 is 15.8 Å². The largest absolute Gasteiger partial charge is 0.300 e. The lowest BCUT2D eigenvalue weighted by atomic mass is 10.0. The predicted octanol–water partition coefficient (Wildman–Crippen LogP) is 1.79. The van der Waals surface area contributed by atoms with Crippen LogP contribution in [0.2, 0.25) is 0 Å². The third-order valence-corrected chi connectivity index (χ3v) is 5.71. The number of sulfonamides is 1. The number of hydrogen-bond acceptors (Lipinski definition) is 4. The van der Waals surface area contributed by atoms with E-state index in [1.807, 2.05) is 18.2 Å². The Labute approximate surface area is 126 Å². The first-order valence-electron chi connectivity index (χ1n) is 7.38. The standard InChI is InChI=1S/C15H22N2O3S/c1-13(18)12-15-7-3-5-10-17(15)21(19,20)11-8-14-6-2-4-9-16-14/h2,4,6,9,15H,3,5,7-8,10-12H2,1H3. The average molecular weight is 310 g/mol. The van der Waals surface area contributed by atoms with E-state index in [0.29, 0.717) is 19.4 Å². The molecule has 0 N–H and O–H groups in total. The fourth-order valence-electron chi connectivity index (χ4n) is 2.77. The normalized spacial score (nSPS) is 20.3. The monoisotopic (exact) mass is 310 g/mol.